The van der Waals surface area contributed by atoms with Gasteiger partial charge in [-0.1, -0.05) is 194 Å². The van der Waals surface area contributed by atoms with Crippen molar-refractivity contribution in [1.82, 2.24) is 0 Å². The molecule has 0 aromatic heterocycles. The Hall–Kier alpha value is -7.48. The summed E-state index contributed by atoms with van der Waals surface area (Å²) in [6.45, 7) is 0. The maximum atomic E-state index is 2.40. The van der Waals surface area contributed by atoms with Crippen LogP contribution < -0.4 is 4.90 Å². The van der Waals surface area contributed by atoms with Crippen LogP contribution in [0.2, 0.25) is 0 Å². The second-order valence-corrected chi connectivity index (χ2v) is 14.5. The zero-order valence-electron chi connectivity index (χ0n) is 31.5. The third-order valence-electron chi connectivity index (χ3n) is 11.1. The molecule has 57 heavy (non-hydrogen) atoms. The van der Waals surface area contributed by atoms with E-state index in [2.05, 4.69) is 241 Å². The topological polar surface area (TPSA) is 3.24 Å². The number of fused-ring (bicyclic) bond motifs is 3. The van der Waals surface area contributed by atoms with Gasteiger partial charge in [0.05, 0.1) is 5.69 Å². The van der Waals surface area contributed by atoms with E-state index in [4.69, 9.17) is 0 Å². The standard InChI is InChI=1S/C56H39N/c1-4-16-40(17-5-1)42-28-33-47(34-29-42)57(56-37-32-45(41-18-6-2-7-19-41)38-54(56)43-20-8-3-9-21-43)48-35-30-44(31-36-48)49-23-12-13-26-52(49)55-39-46-22-10-11-24-50(46)51-25-14-15-27-53(51)55/h1-39H. The highest BCUT2D eigenvalue weighted by atomic mass is 15.1. The highest BCUT2D eigenvalue weighted by Gasteiger charge is 2.20. The van der Waals surface area contributed by atoms with Gasteiger partial charge in [0, 0.05) is 16.9 Å². The minimum Gasteiger partial charge on any atom is -0.310 e. The van der Waals surface area contributed by atoms with Gasteiger partial charge in [0.1, 0.15) is 0 Å². The molecule has 268 valence electrons. The Bertz CT molecular complexity index is 2970. The number of hydrogen-bond acceptors (Lipinski definition) is 1. The zero-order chi connectivity index (χ0) is 38.0. The molecule has 0 saturated carbocycles. The first-order valence-electron chi connectivity index (χ1n) is 19.6. The second kappa shape index (κ2) is 15.0. The summed E-state index contributed by atoms with van der Waals surface area (Å²) in [7, 11) is 0. The van der Waals surface area contributed by atoms with Crippen molar-refractivity contribution < 1.29 is 0 Å². The van der Waals surface area contributed by atoms with Gasteiger partial charge in [-0.3, -0.25) is 0 Å². The molecular formula is C56H39N. The molecule has 10 rings (SSSR count). The minimum atomic E-state index is 1.09. The summed E-state index contributed by atoms with van der Waals surface area (Å²) in [5, 5.41) is 5.06. The van der Waals surface area contributed by atoms with Gasteiger partial charge in [-0.05, 0) is 114 Å². The van der Waals surface area contributed by atoms with Crippen molar-refractivity contribution in [3.05, 3.63) is 237 Å². The molecule has 0 unspecified atom stereocenters. The fraction of sp³-hybridized carbons (Fsp3) is 0. The molecule has 0 amide bonds. The zero-order valence-corrected chi connectivity index (χ0v) is 31.5. The number of anilines is 3. The molecule has 10 aromatic carbocycles. The molecule has 1 nitrogen and oxygen atoms in total. The lowest BCUT2D eigenvalue weighted by Gasteiger charge is -2.29. The van der Waals surface area contributed by atoms with Crippen molar-refractivity contribution in [2.24, 2.45) is 0 Å². The summed E-state index contributed by atoms with van der Waals surface area (Å²) >= 11 is 0. The molecular weight excluding hydrogens is 687 g/mol. The van der Waals surface area contributed by atoms with Crippen molar-refractivity contribution in [3.63, 3.8) is 0 Å². The fourth-order valence-electron chi connectivity index (χ4n) is 8.29. The van der Waals surface area contributed by atoms with Crippen molar-refractivity contribution in [2.75, 3.05) is 4.90 Å². The molecule has 0 radical (unpaired) electrons. The van der Waals surface area contributed by atoms with Crippen LogP contribution in [0.5, 0.6) is 0 Å². The molecule has 0 bridgehead atoms. The van der Waals surface area contributed by atoms with Gasteiger partial charge in [0.25, 0.3) is 0 Å². The van der Waals surface area contributed by atoms with E-state index < -0.39 is 0 Å². The summed E-state index contributed by atoms with van der Waals surface area (Å²) in [6, 6.07) is 85.6. The molecule has 0 atom stereocenters. The predicted octanol–water partition coefficient (Wildman–Crippen LogP) is 15.8. The van der Waals surface area contributed by atoms with E-state index in [-0.39, 0.29) is 0 Å². The molecule has 0 aliphatic heterocycles. The third kappa shape index (κ3) is 6.56. The van der Waals surface area contributed by atoms with E-state index in [0.717, 1.165) is 17.1 Å². The van der Waals surface area contributed by atoms with Crippen LogP contribution in [-0.2, 0) is 0 Å². The SMILES string of the molecule is c1ccc(-c2ccc(N(c3ccc(-c4ccccc4-c4cc5ccccc5c5ccccc45)cc3)c3ccc(-c4ccccc4)cc3-c3ccccc3)cc2)cc1. The van der Waals surface area contributed by atoms with Crippen molar-refractivity contribution >= 4 is 38.6 Å². The number of benzene rings is 10. The smallest absolute Gasteiger partial charge is 0.0540 e. The molecule has 0 heterocycles. The normalized spacial score (nSPS) is 11.2. The maximum Gasteiger partial charge on any atom is 0.0540 e. The quantitative estimate of drug-likeness (QED) is 0.141. The average Bonchev–Trinajstić information content (AvgIpc) is 3.30. The Morgan fingerprint density at radius 2 is 0.667 bits per heavy atom. The number of nitrogens with zero attached hydrogens (tertiary/aromatic N) is 1. The molecule has 0 spiro atoms. The van der Waals surface area contributed by atoms with Crippen LogP contribution >= 0.6 is 0 Å². The van der Waals surface area contributed by atoms with Crippen molar-refractivity contribution in [1.29, 1.82) is 0 Å². The molecule has 0 aliphatic rings. The molecule has 0 N–H and O–H groups in total. The summed E-state index contributed by atoms with van der Waals surface area (Å²) in [5.41, 5.74) is 15.3. The summed E-state index contributed by atoms with van der Waals surface area (Å²) in [6.07, 6.45) is 0. The van der Waals surface area contributed by atoms with Crippen LogP contribution in [0.15, 0.2) is 237 Å². The van der Waals surface area contributed by atoms with E-state index in [1.165, 1.54) is 77.2 Å². The Morgan fingerprint density at radius 1 is 0.228 bits per heavy atom. The summed E-state index contributed by atoms with van der Waals surface area (Å²) < 4.78 is 0. The van der Waals surface area contributed by atoms with Gasteiger partial charge in [0.2, 0.25) is 0 Å². The van der Waals surface area contributed by atoms with Crippen LogP contribution in [0, 0.1) is 0 Å². The first-order chi connectivity index (χ1) is 28.3. The molecule has 10 aromatic rings. The van der Waals surface area contributed by atoms with Gasteiger partial charge < -0.3 is 4.90 Å². The van der Waals surface area contributed by atoms with Gasteiger partial charge in [0.15, 0.2) is 0 Å². The Kier molecular flexibility index (Phi) is 8.95. The third-order valence-corrected chi connectivity index (χ3v) is 11.1. The predicted molar refractivity (Wildman–Crippen MR) is 243 cm³/mol. The highest BCUT2D eigenvalue weighted by Crippen LogP contribution is 2.45. The van der Waals surface area contributed by atoms with Gasteiger partial charge >= 0.3 is 0 Å². The molecule has 0 saturated heterocycles. The van der Waals surface area contributed by atoms with Crippen LogP contribution in [-0.4, -0.2) is 0 Å². The van der Waals surface area contributed by atoms with Crippen LogP contribution in [0.3, 0.4) is 0 Å². The second-order valence-electron chi connectivity index (χ2n) is 14.5. The molecule has 0 fully saturated rings. The first kappa shape index (κ1) is 34.0. The van der Waals surface area contributed by atoms with E-state index in [1.807, 2.05) is 0 Å². The van der Waals surface area contributed by atoms with Crippen LogP contribution in [0.25, 0.3) is 77.2 Å². The lowest BCUT2D eigenvalue weighted by Crippen LogP contribution is -2.11. The Labute approximate surface area is 334 Å². The van der Waals surface area contributed by atoms with E-state index in [0.29, 0.717) is 0 Å². The van der Waals surface area contributed by atoms with E-state index in [9.17, 15) is 0 Å². The minimum absolute atomic E-state index is 1.09. The Balaban J connectivity index is 1.12. The lowest BCUT2D eigenvalue weighted by atomic mass is 9.89. The molecule has 0 aliphatic carbocycles. The van der Waals surface area contributed by atoms with Crippen LogP contribution in [0.1, 0.15) is 0 Å². The monoisotopic (exact) mass is 725 g/mol. The first-order valence-corrected chi connectivity index (χ1v) is 19.6. The maximum absolute atomic E-state index is 2.40. The average molecular weight is 726 g/mol. The number of rotatable bonds is 8. The highest BCUT2D eigenvalue weighted by molar-refractivity contribution is 6.14. The van der Waals surface area contributed by atoms with Gasteiger partial charge in [-0.25, -0.2) is 0 Å². The van der Waals surface area contributed by atoms with Crippen molar-refractivity contribution in [3.8, 4) is 55.6 Å². The number of hydrogen-bond donors (Lipinski definition) is 0. The largest absolute Gasteiger partial charge is 0.310 e. The van der Waals surface area contributed by atoms with E-state index in [1.54, 1.807) is 0 Å². The Morgan fingerprint density at radius 3 is 1.32 bits per heavy atom. The summed E-state index contributed by atoms with van der Waals surface area (Å²) in [5.74, 6) is 0. The van der Waals surface area contributed by atoms with E-state index >= 15 is 0 Å². The fourth-order valence-corrected chi connectivity index (χ4v) is 8.29. The van der Waals surface area contributed by atoms with Crippen molar-refractivity contribution in [2.45, 2.75) is 0 Å². The van der Waals surface area contributed by atoms with Gasteiger partial charge in [-0.2, -0.15) is 0 Å². The van der Waals surface area contributed by atoms with Gasteiger partial charge in [-0.15, -0.1) is 0 Å². The lowest BCUT2D eigenvalue weighted by molar-refractivity contribution is 1.28. The van der Waals surface area contributed by atoms with Crippen LogP contribution in [0.4, 0.5) is 17.1 Å². The summed E-state index contributed by atoms with van der Waals surface area (Å²) in [4.78, 5) is 2.40. The molecule has 1 heteroatoms.